The number of benzene rings is 1. The molecular weight excluding hydrogens is 378 g/mol. The Balaban J connectivity index is 1.55. The van der Waals surface area contributed by atoms with Gasteiger partial charge in [-0.15, -0.1) is 11.3 Å². The highest BCUT2D eigenvalue weighted by Crippen LogP contribution is 2.22. The summed E-state index contributed by atoms with van der Waals surface area (Å²) in [7, 11) is -1.33. The van der Waals surface area contributed by atoms with Crippen molar-refractivity contribution in [3.63, 3.8) is 0 Å². The first-order chi connectivity index (χ1) is 12.1. The van der Waals surface area contributed by atoms with Crippen LogP contribution in [0, 0.1) is 0 Å². The molecule has 130 valence electrons. The van der Waals surface area contributed by atoms with Gasteiger partial charge in [-0.2, -0.15) is 0 Å². The number of hydrogen-bond donors (Lipinski definition) is 1. The fourth-order valence-electron chi connectivity index (χ4n) is 2.26. The average molecular weight is 394 g/mol. The summed E-state index contributed by atoms with van der Waals surface area (Å²) in [5.41, 5.74) is 0. The molecule has 7 heteroatoms. The first-order valence-corrected chi connectivity index (χ1v) is 10.2. The molecule has 25 heavy (non-hydrogen) atoms. The van der Waals surface area contributed by atoms with Crippen LogP contribution in [0.1, 0.15) is 21.2 Å². The van der Waals surface area contributed by atoms with E-state index in [2.05, 4.69) is 5.32 Å². The summed E-state index contributed by atoms with van der Waals surface area (Å²) in [6.45, 7) is 0.543. The van der Waals surface area contributed by atoms with Crippen molar-refractivity contribution in [3.8, 4) is 0 Å². The lowest BCUT2D eigenvalue weighted by molar-refractivity contribution is 0.0925. The average Bonchev–Trinajstić information content (AvgIpc) is 3.27. The van der Waals surface area contributed by atoms with Crippen molar-refractivity contribution < 1.29 is 13.4 Å². The minimum atomic E-state index is -1.33. The van der Waals surface area contributed by atoms with Crippen molar-refractivity contribution in [1.29, 1.82) is 0 Å². The van der Waals surface area contributed by atoms with E-state index >= 15 is 0 Å². The Labute approximate surface area is 157 Å². The Morgan fingerprint density at radius 1 is 1.16 bits per heavy atom. The minimum absolute atomic E-state index is 0.173. The van der Waals surface area contributed by atoms with Crippen LogP contribution < -0.4 is 5.32 Å². The summed E-state index contributed by atoms with van der Waals surface area (Å²) in [5.74, 6) is 0.608. The lowest BCUT2D eigenvalue weighted by Crippen LogP contribution is -2.25. The lowest BCUT2D eigenvalue weighted by Gasteiger charge is -2.03. The highest BCUT2D eigenvalue weighted by atomic mass is 35.5. The van der Waals surface area contributed by atoms with Crippen LogP contribution in [0.4, 0.5) is 0 Å². The Morgan fingerprint density at radius 2 is 2.00 bits per heavy atom. The fourth-order valence-corrected chi connectivity index (χ4v) is 4.44. The number of carbonyl (C=O) groups excluding carboxylic acids is 1. The number of hydrogen-bond acceptors (Lipinski definition) is 4. The van der Waals surface area contributed by atoms with Gasteiger partial charge < -0.3 is 9.73 Å². The second-order valence-electron chi connectivity index (χ2n) is 5.27. The summed E-state index contributed by atoms with van der Waals surface area (Å²) in [5, 5.41) is 5.29. The van der Waals surface area contributed by atoms with E-state index in [1.807, 2.05) is 17.5 Å². The molecule has 0 spiro atoms. The van der Waals surface area contributed by atoms with E-state index in [9.17, 15) is 9.00 Å². The van der Waals surface area contributed by atoms with Crippen molar-refractivity contribution >= 4 is 39.6 Å². The first kappa shape index (κ1) is 17.9. The second kappa shape index (κ2) is 8.47. The number of thiophene rings is 1. The number of rotatable bonds is 7. The maximum Gasteiger partial charge on any atom is 0.287 e. The van der Waals surface area contributed by atoms with Gasteiger partial charge in [-0.25, -0.2) is 0 Å². The smallest absolute Gasteiger partial charge is 0.287 e. The fraction of sp³-hybridized carbons (Fsp3) is 0.167. The zero-order chi connectivity index (χ0) is 17.6. The van der Waals surface area contributed by atoms with Crippen LogP contribution in [0.25, 0.3) is 0 Å². The van der Waals surface area contributed by atoms with Gasteiger partial charge in [0.25, 0.3) is 5.91 Å². The number of halogens is 1. The van der Waals surface area contributed by atoms with Crippen LogP contribution in [0.5, 0.6) is 0 Å². The molecule has 4 nitrogen and oxygen atoms in total. The van der Waals surface area contributed by atoms with Gasteiger partial charge in [0.15, 0.2) is 5.76 Å². The van der Waals surface area contributed by atoms with Gasteiger partial charge in [0.2, 0.25) is 0 Å². The molecule has 3 aromatic rings. The summed E-state index contributed by atoms with van der Waals surface area (Å²) in [6.07, 6.45) is 0.785. The molecule has 0 saturated heterocycles. The van der Waals surface area contributed by atoms with Crippen LogP contribution in [-0.2, 0) is 23.0 Å². The van der Waals surface area contributed by atoms with Gasteiger partial charge in [0.05, 0.1) is 26.5 Å². The summed E-state index contributed by atoms with van der Waals surface area (Å²) in [6, 6.07) is 14.3. The molecule has 3 rings (SSSR count). The molecule has 0 aliphatic carbocycles. The first-order valence-electron chi connectivity index (χ1n) is 7.65. The standard InChI is InChI=1S/C18H16ClNO3S2/c19-15-5-1-2-6-17(15)25(22)12-13-7-8-16(23-13)18(21)20-10-9-14-4-3-11-24-14/h1-8,11H,9-10,12H2,(H,20,21). The van der Waals surface area contributed by atoms with Crippen LogP contribution in [0.2, 0.25) is 5.02 Å². The molecule has 0 radical (unpaired) electrons. The van der Waals surface area contributed by atoms with E-state index in [4.69, 9.17) is 16.0 Å². The Hall–Kier alpha value is -1.89. The predicted molar refractivity (Wildman–Crippen MR) is 101 cm³/mol. The van der Waals surface area contributed by atoms with E-state index in [1.165, 1.54) is 4.88 Å². The highest BCUT2D eigenvalue weighted by Gasteiger charge is 2.14. The maximum atomic E-state index is 12.4. The molecule has 0 saturated carbocycles. The zero-order valence-electron chi connectivity index (χ0n) is 13.2. The SMILES string of the molecule is O=C(NCCc1cccs1)c1ccc(CS(=O)c2ccccc2Cl)o1. The molecule has 0 aliphatic rings. The molecule has 1 aromatic carbocycles. The van der Waals surface area contributed by atoms with Gasteiger partial charge in [-0.1, -0.05) is 29.8 Å². The molecule has 1 atom stereocenters. The molecule has 0 fully saturated rings. The summed E-state index contributed by atoms with van der Waals surface area (Å²) < 4.78 is 17.9. The number of furan rings is 1. The number of amides is 1. The van der Waals surface area contributed by atoms with Crippen molar-refractivity contribution in [3.05, 3.63) is 75.3 Å². The van der Waals surface area contributed by atoms with Gasteiger partial charge in [0, 0.05) is 11.4 Å². The second-order valence-corrected chi connectivity index (χ2v) is 8.13. The van der Waals surface area contributed by atoms with Crippen LogP contribution in [0.3, 0.4) is 0 Å². The van der Waals surface area contributed by atoms with Gasteiger partial charge in [-0.3, -0.25) is 9.00 Å². The minimum Gasteiger partial charge on any atom is -0.455 e. The summed E-state index contributed by atoms with van der Waals surface area (Å²) >= 11 is 7.71. The van der Waals surface area contributed by atoms with E-state index in [0.717, 1.165) is 6.42 Å². The van der Waals surface area contributed by atoms with E-state index in [-0.39, 0.29) is 17.4 Å². The normalized spacial score (nSPS) is 12.0. The monoisotopic (exact) mass is 393 g/mol. The number of nitrogens with one attached hydrogen (secondary N) is 1. The molecule has 2 heterocycles. The van der Waals surface area contributed by atoms with E-state index in [0.29, 0.717) is 22.2 Å². The molecule has 0 bridgehead atoms. The Bertz CT molecular complexity index is 874. The molecular formula is C18H16ClNO3S2. The quantitative estimate of drug-likeness (QED) is 0.651. The van der Waals surface area contributed by atoms with E-state index < -0.39 is 10.8 Å². The zero-order valence-corrected chi connectivity index (χ0v) is 15.6. The van der Waals surface area contributed by atoms with E-state index in [1.54, 1.807) is 47.7 Å². The van der Waals surface area contributed by atoms with Crippen LogP contribution >= 0.6 is 22.9 Å². The van der Waals surface area contributed by atoms with Crippen molar-refractivity contribution in [2.45, 2.75) is 17.1 Å². The molecule has 2 aromatic heterocycles. The largest absolute Gasteiger partial charge is 0.455 e. The van der Waals surface area contributed by atoms with Crippen molar-refractivity contribution in [2.24, 2.45) is 0 Å². The molecule has 1 unspecified atom stereocenters. The maximum absolute atomic E-state index is 12.4. The van der Waals surface area contributed by atoms with Crippen LogP contribution in [-0.4, -0.2) is 16.7 Å². The summed E-state index contributed by atoms with van der Waals surface area (Å²) in [4.78, 5) is 13.9. The lowest BCUT2D eigenvalue weighted by atomic mass is 10.3. The van der Waals surface area contributed by atoms with Gasteiger partial charge in [-0.05, 0) is 42.1 Å². The third-order valence-corrected chi connectivity index (χ3v) is 6.25. The van der Waals surface area contributed by atoms with Crippen molar-refractivity contribution in [2.75, 3.05) is 6.54 Å². The third kappa shape index (κ3) is 4.81. The molecule has 0 aliphatic heterocycles. The predicted octanol–water partition coefficient (Wildman–Crippen LogP) is 4.27. The Kier molecular flexibility index (Phi) is 6.07. The Morgan fingerprint density at radius 3 is 2.76 bits per heavy atom. The van der Waals surface area contributed by atoms with Crippen LogP contribution in [0.15, 0.2) is 63.2 Å². The molecule has 1 amide bonds. The number of carbonyl (C=O) groups is 1. The third-order valence-electron chi connectivity index (χ3n) is 3.48. The van der Waals surface area contributed by atoms with Gasteiger partial charge >= 0.3 is 0 Å². The van der Waals surface area contributed by atoms with Crippen molar-refractivity contribution in [1.82, 2.24) is 5.32 Å². The highest BCUT2D eigenvalue weighted by molar-refractivity contribution is 7.84. The topological polar surface area (TPSA) is 59.3 Å². The van der Waals surface area contributed by atoms with Gasteiger partial charge in [0.1, 0.15) is 5.76 Å². The molecule has 1 N–H and O–H groups in total.